The molecule has 0 spiro atoms. The van der Waals surface area contributed by atoms with E-state index in [1.165, 1.54) is 115 Å². The number of hydrogen-bond donors (Lipinski definition) is 0. The lowest BCUT2D eigenvalue weighted by molar-refractivity contribution is 0.661. The zero-order valence-corrected chi connectivity index (χ0v) is 32.8. The van der Waals surface area contributed by atoms with E-state index in [4.69, 9.17) is 0 Å². The third-order valence-electron chi connectivity index (χ3n) is 13.2. The molecule has 1 heteroatoms. The maximum absolute atomic E-state index is 2.48. The van der Waals surface area contributed by atoms with Crippen LogP contribution in [-0.2, 0) is 5.41 Å². The monoisotopic (exact) mass is 739 g/mol. The summed E-state index contributed by atoms with van der Waals surface area (Å²) in [7, 11) is 0. The number of fused-ring (bicyclic) bond motifs is 10. The van der Waals surface area contributed by atoms with E-state index < -0.39 is 0 Å². The number of para-hydroxylation sites is 1. The van der Waals surface area contributed by atoms with Crippen LogP contribution in [0.3, 0.4) is 0 Å². The SMILES string of the molecule is CC1(C)c2ccccc2-c2c1cc(-c1ccc(-c3c4ccccc4c(-c4ccc5c(c4)c4ccccc4n5C4=CCCC=C4)c4ccccc34)cc1)c1ccccc21. The zero-order valence-electron chi connectivity index (χ0n) is 32.8. The highest BCUT2D eigenvalue weighted by Crippen LogP contribution is 2.53. The van der Waals surface area contributed by atoms with Gasteiger partial charge in [0.05, 0.1) is 11.0 Å². The predicted octanol–water partition coefficient (Wildman–Crippen LogP) is 15.8. The van der Waals surface area contributed by atoms with Crippen LogP contribution in [-0.4, -0.2) is 4.57 Å². The van der Waals surface area contributed by atoms with Gasteiger partial charge in [-0.15, -0.1) is 0 Å². The van der Waals surface area contributed by atoms with Crippen LogP contribution in [0, 0.1) is 0 Å². The molecule has 0 amide bonds. The lowest BCUT2D eigenvalue weighted by Crippen LogP contribution is -2.15. The Morgan fingerprint density at radius 2 is 0.931 bits per heavy atom. The van der Waals surface area contributed by atoms with Crippen molar-refractivity contribution in [2.75, 3.05) is 0 Å². The van der Waals surface area contributed by atoms with Crippen molar-refractivity contribution < 1.29 is 0 Å². The molecule has 0 unspecified atom stereocenters. The first-order chi connectivity index (χ1) is 28.6. The summed E-state index contributed by atoms with van der Waals surface area (Å²) >= 11 is 0. The number of rotatable bonds is 4. The van der Waals surface area contributed by atoms with Gasteiger partial charge in [-0.25, -0.2) is 0 Å². The van der Waals surface area contributed by atoms with Crippen molar-refractivity contribution >= 4 is 59.8 Å². The Labute approximate surface area is 338 Å². The van der Waals surface area contributed by atoms with Gasteiger partial charge >= 0.3 is 0 Å². The minimum absolute atomic E-state index is 0.0733. The molecule has 0 bridgehead atoms. The molecular formula is C57H41N. The van der Waals surface area contributed by atoms with E-state index in [1.54, 1.807) is 0 Å². The lowest BCUT2D eigenvalue weighted by atomic mass is 9.80. The molecular weight excluding hydrogens is 699 g/mol. The quantitative estimate of drug-likeness (QED) is 0.158. The molecule has 12 rings (SSSR count). The van der Waals surface area contributed by atoms with Gasteiger partial charge in [0.15, 0.2) is 0 Å². The first-order valence-electron chi connectivity index (χ1n) is 20.7. The van der Waals surface area contributed by atoms with Crippen LogP contribution >= 0.6 is 0 Å². The van der Waals surface area contributed by atoms with Gasteiger partial charge in [0, 0.05) is 21.9 Å². The maximum atomic E-state index is 2.48. The molecule has 0 atom stereocenters. The highest BCUT2D eigenvalue weighted by molar-refractivity contribution is 6.22. The Hall–Kier alpha value is -6.96. The molecule has 10 aromatic rings. The molecule has 0 saturated carbocycles. The predicted molar refractivity (Wildman–Crippen MR) is 248 cm³/mol. The average molecular weight is 740 g/mol. The number of aromatic nitrogens is 1. The van der Waals surface area contributed by atoms with Gasteiger partial charge in [-0.05, 0) is 131 Å². The van der Waals surface area contributed by atoms with Gasteiger partial charge in [-0.3, -0.25) is 0 Å². The summed E-state index contributed by atoms with van der Waals surface area (Å²) in [6, 6.07) is 63.8. The summed E-state index contributed by atoms with van der Waals surface area (Å²) in [6.07, 6.45) is 9.13. The number of benzene rings is 9. The third-order valence-corrected chi connectivity index (χ3v) is 13.2. The second kappa shape index (κ2) is 12.5. The average Bonchev–Trinajstić information content (AvgIpc) is 3.73. The standard InChI is InChI=1S/C57H41N/c1-57(2)50-26-14-12-25-47(50)56-42-20-7-6-18-40(42)48(35-51(56)57)36-28-30-37(31-29-36)54-43-21-8-10-23-45(43)55(46-24-11-9-22-44(46)54)38-32-33-53-49(34-38)41-19-13-15-27-52(41)58(53)39-16-4-3-5-17-39/h4,6-35H,3,5H2,1-2H3. The first kappa shape index (κ1) is 33.2. The lowest BCUT2D eigenvalue weighted by Gasteiger charge is -2.23. The molecule has 0 N–H and O–H groups in total. The molecule has 0 radical (unpaired) electrons. The molecule has 1 aromatic heterocycles. The van der Waals surface area contributed by atoms with Gasteiger partial charge in [-0.1, -0.05) is 172 Å². The summed E-state index contributed by atoms with van der Waals surface area (Å²) in [5.41, 5.74) is 16.8. The summed E-state index contributed by atoms with van der Waals surface area (Å²) < 4.78 is 2.44. The molecule has 2 aliphatic carbocycles. The van der Waals surface area contributed by atoms with Crippen molar-refractivity contribution in [2.24, 2.45) is 0 Å². The Kier molecular flexibility index (Phi) is 7.17. The molecule has 274 valence electrons. The first-order valence-corrected chi connectivity index (χ1v) is 20.7. The third kappa shape index (κ3) is 4.71. The zero-order chi connectivity index (χ0) is 38.5. The highest BCUT2D eigenvalue weighted by Gasteiger charge is 2.37. The smallest absolute Gasteiger partial charge is 0.0541 e. The fourth-order valence-electron chi connectivity index (χ4n) is 10.5. The normalized spacial score (nSPS) is 14.4. The maximum Gasteiger partial charge on any atom is 0.0541 e. The minimum Gasteiger partial charge on any atom is -0.310 e. The van der Waals surface area contributed by atoms with Gasteiger partial charge in [-0.2, -0.15) is 0 Å². The van der Waals surface area contributed by atoms with Crippen molar-refractivity contribution in [3.63, 3.8) is 0 Å². The van der Waals surface area contributed by atoms with Crippen molar-refractivity contribution in [1.82, 2.24) is 4.57 Å². The fraction of sp³-hybridized carbons (Fsp3) is 0.0877. The van der Waals surface area contributed by atoms with E-state index in [0.29, 0.717) is 0 Å². The Bertz CT molecular complexity index is 3350. The van der Waals surface area contributed by atoms with Crippen LogP contribution in [0.5, 0.6) is 0 Å². The van der Waals surface area contributed by atoms with Crippen LogP contribution in [0.15, 0.2) is 188 Å². The highest BCUT2D eigenvalue weighted by atomic mass is 15.0. The molecule has 1 heterocycles. The van der Waals surface area contributed by atoms with Crippen molar-refractivity contribution in [2.45, 2.75) is 32.1 Å². The van der Waals surface area contributed by atoms with Crippen molar-refractivity contribution in [1.29, 1.82) is 0 Å². The van der Waals surface area contributed by atoms with Crippen LogP contribution < -0.4 is 0 Å². The molecule has 2 aliphatic rings. The molecule has 1 nitrogen and oxygen atoms in total. The number of hydrogen-bond acceptors (Lipinski definition) is 0. The summed E-state index contributed by atoms with van der Waals surface area (Å²) in [4.78, 5) is 0. The molecule has 0 fully saturated rings. The van der Waals surface area contributed by atoms with Gasteiger partial charge in [0.25, 0.3) is 0 Å². The van der Waals surface area contributed by atoms with Gasteiger partial charge in [0.2, 0.25) is 0 Å². The number of nitrogens with zero attached hydrogens (tertiary/aromatic N) is 1. The van der Waals surface area contributed by atoms with E-state index in [0.717, 1.165) is 12.8 Å². The van der Waals surface area contributed by atoms with E-state index in [1.807, 2.05) is 0 Å². The fourth-order valence-corrected chi connectivity index (χ4v) is 10.5. The van der Waals surface area contributed by atoms with Crippen LogP contribution in [0.1, 0.15) is 37.8 Å². The molecule has 58 heavy (non-hydrogen) atoms. The van der Waals surface area contributed by atoms with Crippen LogP contribution in [0.4, 0.5) is 0 Å². The summed E-state index contributed by atoms with van der Waals surface area (Å²) in [5.74, 6) is 0. The van der Waals surface area contributed by atoms with Gasteiger partial charge < -0.3 is 4.57 Å². The van der Waals surface area contributed by atoms with E-state index in [9.17, 15) is 0 Å². The molecule has 0 saturated heterocycles. The Morgan fingerprint density at radius 1 is 0.397 bits per heavy atom. The summed E-state index contributed by atoms with van der Waals surface area (Å²) in [6.45, 7) is 4.75. The Morgan fingerprint density at radius 3 is 1.60 bits per heavy atom. The van der Waals surface area contributed by atoms with Gasteiger partial charge in [0.1, 0.15) is 0 Å². The van der Waals surface area contributed by atoms with Crippen LogP contribution in [0.25, 0.3) is 104 Å². The van der Waals surface area contributed by atoms with Crippen molar-refractivity contribution in [3.05, 3.63) is 199 Å². The minimum atomic E-state index is -0.0733. The van der Waals surface area contributed by atoms with Crippen molar-refractivity contribution in [3.8, 4) is 44.5 Å². The van der Waals surface area contributed by atoms with E-state index in [-0.39, 0.29) is 5.41 Å². The topological polar surface area (TPSA) is 4.93 Å². The second-order valence-electron chi connectivity index (χ2n) is 16.7. The largest absolute Gasteiger partial charge is 0.310 e. The summed E-state index contributed by atoms with van der Waals surface area (Å²) in [5, 5.41) is 10.3. The van der Waals surface area contributed by atoms with E-state index >= 15 is 0 Å². The second-order valence-corrected chi connectivity index (χ2v) is 16.7. The molecule has 0 aliphatic heterocycles. The van der Waals surface area contributed by atoms with E-state index in [2.05, 4.69) is 207 Å². The Balaban J connectivity index is 1.03. The molecule has 9 aromatic carbocycles. The number of allylic oxidation sites excluding steroid dienone is 4. The van der Waals surface area contributed by atoms with Crippen LogP contribution in [0.2, 0.25) is 0 Å².